The van der Waals surface area contributed by atoms with E-state index in [2.05, 4.69) is 48.3 Å². The summed E-state index contributed by atoms with van der Waals surface area (Å²) in [6, 6.07) is 8.49. The van der Waals surface area contributed by atoms with Crippen molar-refractivity contribution in [1.29, 1.82) is 0 Å². The van der Waals surface area contributed by atoms with Crippen LogP contribution in [0.3, 0.4) is 0 Å². The lowest BCUT2D eigenvalue weighted by molar-refractivity contribution is 0.223. The highest BCUT2D eigenvalue weighted by molar-refractivity contribution is 5.27. The molecule has 1 unspecified atom stereocenters. The van der Waals surface area contributed by atoms with Gasteiger partial charge in [-0.15, -0.1) is 0 Å². The molecule has 0 radical (unpaired) electrons. The van der Waals surface area contributed by atoms with Crippen molar-refractivity contribution in [2.75, 3.05) is 26.2 Å². The average Bonchev–Trinajstić information content (AvgIpc) is 3.04. The van der Waals surface area contributed by atoms with Gasteiger partial charge in [0.25, 0.3) is 0 Å². The Morgan fingerprint density at radius 3 is 2.50 bits per heavy atom. The predicted octanol–water partition coefficient (Wildman–Crippen LogP) is 3.55. The van der Waals surface area contributed by atoms with E-state index in [0.717, 1.165) is 49.8 Å². The highest BCUT2D eigenvalue weighted by Crippen LogP contribution is 2.17. The van der Waals surface area contributed by atoms with Gasteiger partial charge in [-0.05, 0) is 44.6 Å². The Morgan fingerprint density at radius 1 is 1.21 bits per heavy atom. The summed E-state index contributed by atoms with van der Waals surface area (Å²) in [5.41, 5.74) is 3.27. The van der Waals surface area contributed by atoms with Crippen LogP contribution in [0, 0.1) is 6.92 Å². The SMILES string of the molecule is CCN(CC)CCOc1ccc(CNC(C)c2conc2C)cc1. The van der Waals surface area contributed by atoms with Crippen molar-refractivity contribution >= 4 is 0 Å². The Balaban J connectivity index is 1.76. The van der Waals surface area contributed by atoms with E-state index >= 15 is 0 Å². The lowest BCUT2D eigenvalue weighted by Gasteiger charge is -2.18. The molecule has 5 heteroatoms. The van der Waals surface area contributed by atoms with E-state index < -0.39 is 0 Å². The summed E-state index contributed by atoms with van der Waals surface area (Å²) in [6.07, 6.45) is 1.71. The molecule has 0 aliphatic heterocycles. The van der Waals surface area contributed by atoms with Crippen LogP contribution in [0.25, 0.3) is 0 Å². The van der Waals surface area contributed by atoms with E-state index in [1.54, 1.807) is 6.26 Å². The quantitative estimate of drug-likeness (QED) is 0.721. The fraction of sp³-hybridized carbons (Fsp3) is 0.526. The van der Waals surface area contributed by atoms with Gasteiger partial charge < -0.3 is 19.5 Å². The highest BCUT2D eigenvalue weighted by atomic mass is 16.5. The van der Waals surface area contributed by atoms with E-state index in [-0.39, 0.29) is 6.04 Å². The van der Waals surface area contributed by atoms with Crippen LogP contribution >= 0.6 is 0 Å². The molecule has 0 saturated carbocycles. The highest BCUT2D eigenvalue weighted by Gasteiger charge is 2.11. The summed E-state index contributed by atoms with van der Waals surface area (Å²) < 4.78 is 10.8. The maximum absolute atomic E-state index is 5.81. The summed E-state index contributed by atoms with van der Waals surface area (Å²) in [5.74, 6) is 0.925. The number of aryl methyl sites for hydroxylation is 1. The van der Waals surface area contributed by atoms with Gasteiger partial charge in [-0.1, -0.05) is 31.1 Å². The standard InChI is InChI=1S/C19H29N3O2/c1-5-22(6-2)11-12-23-18-9-7-17(8-10-18)13-20-15(3)19-14-24-21-16(19)4/h7-10,14-15,20H,5-6,11-13H2,1-4H3. The number of hydrogen-bond donors (Lipinski definition) is 1. The lowest BCUT2D eigenvalue weighted by atomic mass is 10.1. The van der Waals surface area contributed by atoms with Crippen molar-refractivity contribution in [3.8, 4) is 5.75 Å². The smallest absolute Gasteiger partial charge is 0.128 e. The summed E-state index contributed by atoms with van der Waals surface area (Å²) in [7, 11) is 0. The molecule has 24 heavy (non-hydrogen) atoms. The third-order valence-corrected chi connectivity index (χ3v) is 4.36. The third-order valence-electron chi connectivity index (χ3n) is 4.36. The van der Waals surface area contributed by atoms with Crippen molar-refractivity contribution in [2.24, 2.45) is 0 Å². The van der Waals surface area contributed by atoms with Crippen LogP contribution < -0.4 is 10.1 Å². The van der Waals surface area contributed by atoms with Gasteiger partial charge >= 0.3 is 0 Å². The first-order chi connectivity index (χ1) is 11.6. The fourth-order valence-electron chi connectivity index (χ4n) is 2.63. The van der Waals surface area contributed by atoms with E-state index in [1.807, 2.05) is 19.1 Å². The summed E-state index contributed by atoms with van der Waals surface area (Å²) in [6.45, 7) is 13.0. The number of aromatic nitrogens is 1. The normalized spacial score (nSPS) is 12.5. The van der Waals surface area contributed by atoms with Gasteiger partial charge in [0.15, 0.2) is 0 Å². The monoisotopic (exact) mass is 331 g/mol. The molecule has 5 nitrogen and oxygen atoms in total. The predicted molar refractivity (Wildman–Crippen MR) is 96.2 cm³/mol. The molecule has 0 aliphatic rings. The number of hydrogen-bond acceptors (Lipinski definition) is 5. The van der Waals surface area contributed by atoms with Crippen LogP contribution in [0.1, 0.15) is 43.6 Å². The molecule has 1 N–H and O–H groups in total. The first-order valence-corrected chi connectivity index (χ1v) is 8.72. The van der Waals surface area contributed by atoms with E-state index in [4.69, 9.17) is 9.26 Å². The summed E-state index contributed by atoms with van der Waals surface area (Å²) in [4.78, 5) is 2.35. The maximum Gasteiger partial charge on any atom is 0.128 e. The number of likely N-dealkylation sites (N-methyl/N-ethyl adjacent to an activating group) is 1. The molecule has 1 heterocycles. The molecule has 0 spiro atoms. The zero-order chi connectivity index (χ0) is 17.4. The number of ether oxygens (including phenoxy) is 1. The first kappa shape index (κ1) is 18.5. The molecular weight excluding hydrogens is 302 g/mol. The maximum atomic E-state index is 5.81. The van der Waals surface area contributed by atoms with Crippen molar-refractivity contribution in [3.63, 3.8) is 0 Å². The molecule has 0 amide bonds. The van der Waals surface area contributed by atoms with E-state index in [9.17, 15) is 0 Å². The van der Waals surface area contributed by atoms with Gasteiger partial charge in [-0.2, -0.15) is 0 Å². The first-order valence-electron chi connectivity index (χ1n) is 8.72. The van der Waals surface area contributed by atoms with E-state index in [1.165, 1.54) is 5.56 Å². The minimum atomic E-state index is 0.209. The second kappa shape index (κ2) is 9.45. The van der Waals surface area contributed by atoms with Crippen molar-refractivity contribution in [3.05, 3.63) is 47.3 Å². The minimum Gasteiger partial charge on any atom is -0.492 e. The van der Waals surface area contributed by atoms with Crippen LogP contribution in [0.4, 0.5) is 0 Å². The van der Waals surface area contributed by atoms with Crippen molar-refractivity contribution in [1.82, 2.24) is 15.4 Å². The molecule has 0 saturated heterocycles. The van der Waals surface area contributed by atoms with Gasteiger partial charge in [0.2, 0.25) is 0 Å². The Bertz CT molecular complexity index is 591. The average molecular weight is 331 g/mol. The summed E-state index contributed by atoms with van der Waals surface area (Å²) in [5, 5.41) is 7.41. The Morgan fingerprint density at radius 2 is 1.92 bits per heavy atom. The lowest BCUT2D eigenvalue weighted by Crippen LogP contribution is -2.27. The second-order valence-corrected chi connectivity index (χ2v) is 5.98. The molecule has 0 fully saturated rings. The van der Waals surface area contributed by atoms with Crippen molar-refractivity contribution < 1.29 is 9.26 Å². The molecule has 132 valence electrons. The van der Waals surface area contributed by atoms with Crippen LogP contribution in [0.15, 0.2) is 35.1 Å². The van der Waals surface area contributed by atoms with E-state index in [0.29, 0.717) is 0 Å². The fourth-order valence-corrected chi connectivity index (χ4v) is 2.63. The van der Waals surface area contributed by atoms with Gasteiger partial charge in [-0.3, -0.25) is 0 Å². The summed E-state index contributed by atoms with van der Waals surface area (Å²) >= 11 is 0. The minimum absolute atomic E-state index is 0.209. The topological polar surface area (TPSA) is 50.5 Å². The van der Waals surface area contributed by atoms with Crippen LogP contribution in [0.2, 0.25) is 0 Å². The van der Waals surface area contributed by atoms with Crippen LogP contribution in [-0.4, -0.2) is 36.3 Å². The molecular formula is C19H29N3O2. The molecule has 0 bridgehead atoms. The zero-order valence-corrected chi connectivity index (χ0v) is 15.2. The largest absolute Gasteiger partial charge is 0.492 e. The molecule has 2 aromatic rings. The molecule has 2 rings (SSSR count). The van der Waals surface area contributed by atoms with Gasteiger partial charge in [0.05, 0.1) is 5.69 Å². The Hall–Kier alpha value is -1.85. The number of rotatable bonds is 10. The molecule has 1 aromatic heterocycles. The number of nitrogens with one attached hydrogen (secondary N) is 1. The Labute approximate surface area is 145 Å². The number of nitrogens with zero attached hydrogens (tertiary/aromatic N) is 2. The van der Waals surface area contributed by atoms with Gasteiger partial charge in [-0.25, -0.2) is 0 Å². The zero-order valence-electron chi connectivity index (χ0n) is 15.2. The number of benzene rings is 1. The van der Waals surface area contributed by atoms with Crippen molar-refractivity contribution in [2.45, 2.75) is 40.3 Å². The second-order valence-electron chi connectivity index (χ2n) is 5.98. The molecule has 1 aromatic carbocycles. The van der Waals surface area contributed by atoms with Gasteiger partial charge in [0.1, 0.15) is 18.6 Å². The van der Waals surface area contributed by atoms with Crippen LogP contribution in [0.5, 0.6) is 5.75 Å². The Kier molecular flexibility index (Phi) is 7.28. The van der Waals surface area contributed by atoms with Crippen LogP contribution in [-0.2, 0) is 6.54 Å². The molecule has 0 aliphatic carbocycles. The third kappa shape index (κ3) is 5.35. The molecule has 1 atom stereocenters. The van der Waals surface area contributed by atoms with Gasteiger partial charge in [0, 0.05) is 24.7 Å².